The van der Waals surface area contributed by atoms with Crippen LogP contribution in [0.3, 0.4) is 0 Å². The normalized spacial score (nSPS) is 15.1. The van der Waals surface area contributed by atoms with E-state index < -0.39 is 30.0 Å². The van der Waals surface area contributed by atoms with Gasteiger partial charge < -0.3 is 66.2 Å². The summed E-state index contributed by atoms with van der Waals surface area (Å²) in [5.74, 6) is -4.06. The number of hydrogen-bond acceptors (Lipinski definition) is 13. The van der Waals surface area contributed by atoms with Crippen LogP contribution in [0.4, 0.5) is 0 Å². The third-order valence-corrected chi connectivity index (χ3v) is 13.0. The first kappa shape index (κ1) is 67.6. The second-order valence-electron chi connectivity index (χ2n) is 19.3. The number of nitrogens with one attached hydrogen (secondary N) is 6. The summed E-state index contributed by atoms with van der Waals surface area (Å²) in [5, 5.41) is 44.2. The first-order valence-electron chi connectivity index (χ1n) is 27.9. The number of carbonyl (C=O) groups is 8. The lowest BCUT2D eigenvalue weighted by Gasteiger charge is -2.28. The van der Waals surface area contributed by atoms with Gasteiger partial charge in [-0.15, -0.1) is 0 Å². The molecular formula is C53H96N6O15. The van der Waals surface area contributed by atoms with E-state index in [-0.39, 0.29) is 127 Å². The lowest BCUT2D eigenvalue weighted by molar-refractivity contribution is -0.143. The Morgan fingerprint density at radius 1 is 0.446 bits per heavy atom. The molecule has 1 saturated carbocycles. The van der Waals surface area contributed by atoms with Crippen molar-refractivity contribution in [2.75, 3.05) is 85.6 Å². The molecule has 0 radical (unpaired) electrons. The Bertz CT molecular complexity index is 1530. The van der Waals surface area contributed by atoms with Gasteiger partial charge in [0.2, 0.25) is 29.5 Å². The third-order valence-electron chi connectivity index (χ3n) is 13.0. The second-order valence-corrected chi connectivity index (χ2v) is 19.3. The quantitative estimate of drug-likeness (QED) is 0.0362. The van der Waals surface area contributed by atoms with Crippen LogP contribution in [0.15, 0.2) is 0 Å². The zero-order valence-electron chi connectivity index (χ0n) is 44.8. The molecule has 0 heterocycles. The molecule has 1 rings (SSSR count). The van der Waals surface area contributed by atoms with Gasteiger partial charge in [-0.1, -0.05) is 96.8 Å². The van der Waals surface area contributed by atoms with Crippen LogP contribution in [-0.4, -0.2) is 160 Å². The van der Waals surface area contributed by atoms with Crippen LogP contribution < -0.4 is 31.9 Å². The molecule has 74 heavy (non-hydrogen) atoms. The average Bonchev–Trinajstić information content (AvgIpc) is 3.37. The fraction of sp³-hybridized carbons (Fsp3) is 0.849. The molecule has 1 fully saturated rings. The highest BCUT2D eigenvalue weighted by Gasteiger charge is 2.30. The molecule has 0 spiro atoms. The zero-order valence-corrected chi connectivity index (χ0v) is 44.8. The van der Waals surface area contributed by atoms with E-state index in [9.17, 15) is 43.5 Å². The number of unbranched alkanes of at least 4 members (excludes halogenated alkanes) is 16. The van der Waals surface area contributed by atoms with Crippen LogP contribution in [0.1, 0.15) is 180 Å². The molecule has 1 aliphatic rings. The number of carboxylic acids is 3. The summed E-state index contributed by atoms with van der Waals surface area (Å²) in [6, 6.07) is -1.78. The Morgan fingerprint density at radius 2 is 0.892 bits per heavy atom. The van der Waals surface area contributed by atoms with E-state index in [1.54, 1.807) is 0 Å². The third kappa shape index (κ3) is 40.9. The average molecular weight is 1060 g/mol. The minimum absolute atomic E-state index is 0.0603. The van der Waals surface area contributed by atoms with E-state index in [0.29, 0.717) is 58.2 Å². The van der Waals surface area contributed by atoms with E-state index >= 15 is 0 Å². The molecule has 5 amide bonds. The van der Waals surface area contributed by atoms with Crippen LogP contribution in [0, 0.1) is 11.8 Å². The van der Waals surface area contributed by atoms with Crippen molar-refractivity contribution in [3.05, 3.63) is 0 Å². The predicted octanol–water partition coefficient (Wildman–Crippen LogP) is 5.01. The van der Waals surface area contributed by atoms with Crippen molar-refractivity contribution in [3.63, 3.8) is 0 Å². The van der Waals surface area contributed by atoms with Gasteiger partial charge in [-0.05, 0) is 76.7 Å². The lowest BCUT2D eigenvalue weighted by atomic mass is 9.81. The molecule has 21 heteroatoms. The Kier molecular flexibility index (Phi) is 43.0. The van der Waals surface area contributed by atoms with Crippen molar-refractivity contribution in [1.82, 2.24) is 31.9 Å². The number of rotatable bonds is 51. The molecule has 0 saturated heterocycles. The standard InChI is InChI=1S/C53H96N6O15/c1-2-54-44(52(67)68)21-19-20-30-55-48(62)40-73-37-36-72-34-32-57-49(63)41-74-38-35-71-33-31-56-47(61)29-28-45(53(69)70)59-51(66)43-26-24-42(25-27-43)39-58-46(60)22-17-15-13-11-9-7-5-3-4-6-8-10-12-14-16-18-23-50(64)65/h42-45,54H,2-41H2,1H3,(H,55,62)(H,56,61)(H,57,63)(H,58,60)(H,59,66)(H,64,65)(H,67,68)(H,69,70)/t42-,43-,44-,45-/m0/s1. The van der Waals surface area contributed by atoms with E-state index in [1.807, 2.05) is 6.92 Å². The molecule has 428 valence electrons. The number of hydrogen-bond donors (Lipinski definition) is 9. The fourth-order valence-electron chi connectivity index (χ4n) is 8.58. The number of carbonyl (C=O) groups excluding carboxylic acids is 5. The monoisotopic (exact) mass is 1060 g/mol. The number of aliphatic carboxylic acids is 3. The Morgan fingerprint density at radius 3 is 1.38 bits per heavy atom. The molecule has 0 aromatic heterocycles. The van der Waals surface area contributed by atoms with Gasteiger partial charge in [0, 0.05) is 51.4 Å². The van der Waals surface area contributed by atoms with Gasteiger partial charge in [0.15, 0.2) is 0 Å². The highest BCUT2D eigenvalue weighted by Crippen LogP contribution is 2.29. The summed E-state index contributed by atoms with van der Waals surface area (Å²) in [6.45, 7) is 4.77. The highest BCUT2D eigenvalue weighted by molar-refractivity contribution is 5.86. The van der Waals surface area contributed by atoms with E-state index in [2.05, 4.69) is 31.9 Å². The predicted molar refractivity (Wildman–Crippen MR) is 279 cm³/mol. The Labute approximate surface area is 440 Å². The summed E-state index contributed by atoms with van der Waals surface area (Å²) in [7, 11) is 0. The minimum atomic E-state index is -1.21. The van der Waals surface area contributed by atoms with E-state index in [0.717, 1.165) is 51.4 Å². The van der Waals surface area contributed by atoms with Crippen LogP contribution in [0.2, 0.25) is 0 Å². The van der Waals surface area contributed by atoms with Crippen molar-refractivity contribution >= 4 is 47.4 Å². The van der Waals surface area contributed by atoms with Crippen molar-refractivity contribution in [3.8, 4) is 0 Å². The maximum Gasteiger partial charge on any atom is 0.326 e. The van der Waals surface area contributed by atoms with Crippen molar-refractivity contribution < 1.29 is 72.6 Å². The van der Waals surface area contributed by atoms with Gasteiger partial charge in [0.25, 0.3) is 0 Å². The Balaban J connectivity index is 1.97. The summed E-state index contributed by atoms with van der Waals surface area (Å²) in [5.41, 5.74) is 0. The maximum absolute atomic E-state index is 13.0. The topological polar surface area (TPSA) is 306 Å². The van der Waals surface area contributed by atoms with Crippen LogP contribution in [0.5, 0.6) is 0 Å². The molecule has 0 aromatic carbocycles. The van der Waals surface area contributed by atoms with Crippen molar-refractivity contribution in [1.29, 1.82) is 0 Å². The summed E-state index contributed by atoms with van der Waals surface area (Å²) < 4.78 is 21.4. The molecule has 21 nitrogen and oxygen atoms in total. The number of carboxylic acid groups (broad SMARTS) is 3. The molecule has 0 bridgehead atoms. The molecular weight excluding hydrogens is 961 g/mol. The van der Waals surface area contributed by atoms with Crippen LogP contribution >= 0.6 is 0 Å². The first-order chi connectivity index (χ1) is 35.8. The van der Waals surface area contributed by atoms with Gasteiger partial charge in [0.1, 0.15) is 25.3 Å². The van der Waals surface area contributed by atoms with Gasteiger partial charge in [-0.2, -0.15) is 0 Å². The van der Waals surface area contributed by atoms with Crippen molar-refractivity contribution in [2.45, 2.75) is 192 Å². The zero-order chi connectivity index (χ0) is 54.3. The summed E-state index contributed by atoms with van der Waals surface area (Å²) in [6.07, 6.45) is 23.9. The van der Waals surface area contributed by atoms with E-state index in [4.69, 9.17) is 29.2 Å². The number of amides is 5. The smallest absolute Gasteiger partial charge is 0.326 e. The lowest BCUT2D eigenvalue weighted by Crippen LogP contribution is -2.45. The number of likely N-dealkylation sites (N-methyl/N-ethyl adjacent to an activating group) is 1. The van der Waals surface area contributed by atoms with Gasteiger partial charge in [-0.3, -0.25) is 33.6 Å². The molecule has 0 unspecified atom stereocenters. The summed E-state index contributed by atoms with van der Waals surface area (Å²) in [4.78, 5) is 95.3. The van der Waals surface area contributed by atoms with E-state index in [1.165, 1.54) is 64.2 Å². The van der Waals surface area contributed by atoms with Gasteiger partial charge >= 0.3 is 17.9 Å². The molecule has 9 N–H and O–H groups in total. The molecule has 2 atom stereocenters. The SMILES string of the molecule is CCN[C@@H](CCCCNC(=O)COCCOCCNC(=O)COCCOCCNC(=O)CC[C@H](NC(=O)[C@H]1CC[C@H](CNC(=O)CCCCCCCCCCCCCCCCCCC(=O)O)CC1)C(=O)O)C(=O)O. The van der Waals surface area contributed by atoms with Gasteiger partial charge in [0.05, 0.1) is 39.6 Å². The summed E-state index contributed by atoms with van der Waals surface area (Å²) >= 11 is 0. The number of ether oxygens (including phenoxy) is 4. The largest absolute Gasteiger partial charge is 0.481 e. The first-order valence-corrected chi connectivity index (χ1v) is 27.9. The molecule has 1 aliphatic carbocycles. The van der Waals surface area contributed by atoms with Crippen LogP contribution in [0.25, 0.3) is 0 Å². The van der Waals surface area contributed by atoms with Gasteiger partial charge in [-0.25, -0.2) is 4.79 Å². The maximum atomic E-state index is 13.0. The highest BCUT2D eigenvalue weighted by atomic mass is 16.5. The van der Waals surface area contributed by atoms with Crippen LogP contribution in [-0.2, 0) is 57.3 Å². The second kappa shape index (κ2) is 47.0. The van der Waals surface area contributed by atoms with Crippen molar-refractivity contribution in [2.24, 2.45) is 11.8 Å². The molecule has 0 aliphatic heterocycles. The Hall–Kier alpha value is -4.44. The molecule has 0 aromatic rings. The fourth-order valence-corrected chi connectivity index (χ4v) is 8.58. The minimum Gasteiger partial charge on any atom is -0.481 e.